The summed E-state index contributed by atoms with van der Waals surface area (Å²) in [4.78, 5) is 21.3. The average molecular weight is 432 g/mol. The van der Waals surface area contributed by atoms with Crippen LogP contribution in [0.4, 0.5) is 19.0 Å². The fourth-order valence-electron chi connectivity index (χ4n) is 3.56. The van der Waals surface area contributed by atoms with Crippen LogP contribution < -0.4 is 10.9 Å². The summed E-state index contributed by atoms with van der Waals surface area (Å²) in [5.74, 6) is 0.984. The minimum atomic E-state index is -4.39. The van der Waals surface area contributed by atoms with Gasteiger partial charge in [-0.1, -0.05) is 26.0 Å². The Labute approximate surface area is 179 Å². The largest absolute Gasteiger partial charge is 0.416 e. The molecule has 1 aromatic carbocycles. The van der Waals surface area contributed by atoms with Crippen LogP contribution >= 0.6 is 0 Å². The maximum Gasteiger partial charge on any atom is 0.416 e. The van der Waals surface area contributed by atoms with Crippen LogP contribution in [-0.4, -0.2) is 14.5 Å². The molecule has 31 heavy (non-hydrogen) atoms. The molecule has 0 amide bonds. The Kier molecular flexibility index (Phi) is 6.11. The molecule has 0 unspecified atom stereocenters. The van der Waals surface area contributed by atoms with Crippen molar-refractivity contribution in [2.75, 3.05) is 5.32 Å². The Balaban J connectivity index is 0.00000132. The van der Waals surface area contributed by atoms with E-state index in [1.54, 1.807) is 23.8 Å². The Hall–Kier alpha value is -2.90. The molecule has 8 heteroatoms. The molecule has 0 saturated heterocycles. The van der Waals surface area contributed by atoms with Crippen LogP contribution in [0.5, 0.6) is 0 Å². The van der Waals surface area contributed by atoms with Crippen molar-refractivity contribution in [1.29, 1.82) is 0 Å². The summed E-state index contributed by atoms with van der Waals surface area (Å²) >= 11 is 0. The first-order chi connectivity index (χ1) is 14.6. The lowest BCUT2D eigenvalue weighted by atomic mass is 10.0. The van der Waals surface area contributed by atoms with Gasteiger partial charge in [0.1, 0.15) is 11.6 Å². The molecule has 2 aromatic heterocycles. The van der Waals surface area contributed by atoms with Gasteiger partial charge in [-0.3, -0.25) is 4.79 Å². The quantitative estimate of drug-likeness (QED) is 0.585. The number of aromatic nitrogens is 3. The summed E-state index contributed by atoms with van der Waals surface area (Å²) < 4.78 is 41.2. The maximum absolute atomic E-state index is 13.2. The van der Waals surface area contributed by atoms with E-state index >= 15 is 0 Å². The molecular formula is C23H27F3N4O. The van der Waals surface area contributed by atoms with Gasteiger partial charge >= 0.3 is 6.18 Å². The Morgan fingerprint density at radius 3 is 2.45 bits per heavy atom. The molecule has 166 valence electrons. The number of pyridine rings is 1. The molecule has 0 radical (unpaired) electrons. The monoisotopic (exact) mass is 432 g/mol. The second-order valence-corrected chi connectivity index (χ2v) is 7.84. The van der Waals surface area contributed by atoms with Gasteiger partial charge in [-0.05, 0) is 50.8 Å². The molecule has 2 heterocycles. The first-order valence-electron chi connectivity index (χ1n) is 10.4. The van der Waals surface area contributed by atoms with Crippen molar-refractivity contribution < 1.29 is 13.2 Å². The van der Waals surface area contributed by atoms with E-state index in [-0.39, 0.29) is 23.2 Å². The number of aryl methyl sites for hydroxylation is 1. The minimum Gasteiger partial charge on any atom is -0.365 e. The van der Waals surface area contributed by atoms with Gasteiger partial charge in [0.15, 0.2) is 0 Å². The van der Waals surface area contributed by atoms with E-state index in [0.29, 0.717) is 28.1 Å². The molecule has 0 aliphatic heterocycles. The molecule has 4 rings (SSSR count). The molecule has 3 aromatic rings. The third-order valence-corrected chi connectivity index (χ3v) is 5.60. The topological polar surface area (TPSA) is 59.8 Å². The lowest BCUT2D eigenvalue weighted by molar-refractivity contribution is -0.138. The van der Waals surface area contributed by atoms with Gasteiger partial charge in [0, 0.05) is 24.3 Å². The SMILES string of the molecule is CC.Cc1nc(NCc2cccc(C(F)(F)F)c2C)c2cn(C3(C)CC3)c(=O)cc2n1. The highest BCUT2D eigenvalue weighted by Crippen LogP contribution is 2.42. The Morgan fingerprint density at radius 1 is 1.16 bits per heavy atom. The summed E-state index contributed by atoms with van der Waals surface area (Å²) in [6, 6.07) is 5.64. The van der Waals surface area contributed by atoms with Crippen LogP contribution in [-0.2, 0) is 18.3 Å². The molecule has 0 bridgehead atoms. The van der Waals surface area contributed by atoms with Crippen molar-refractivity contribution >= 4 is 16.7 Å². The zero-order valence-electron chi connectivity index (χ0n) is 18.4. The summed E-state index contributed by atoms with van der Waals surface area (Å²) in [5, 5.41) is 3.82. The second kappa shape index (κ2) is 8.32. The molecule has 0 atom stereocenters. The van der Waals surface area contributed by atoms with Crippen LogP contribution in [0.15, 0.2) is 35.3 Å². The Morgan fingerprint density at radius 2 is 1.84 bits per heavy atom. The van der Waals surface area contributed by atoms with Crippen molar-refractivity contribution in [2.24, 2.45) is 0 Å². The van der Waals surface area contributed by atoms with Crippen molar-refractivity contribution in [3.63, 3.8) is 0 Å². The third kappa shape index (κ3) is 4.57. The first kappa shape index (κ1) is 22.8. The van der Waals surface area contributed by atoms with Gasteiger partial charge in [-0.15, -0.1) is 0 Å². The predicted molar refractivity (Wildman–Crippen MR) is 116 cm³/mol. The number of rotatable bonds is 4. The molecule has 1 aliphatic rings. The predicted octanol–water partition coefficient (Wildman–Crippen LogP) is 5.57. The zero-order valence-corrected chi connectivity index (χ0v) is 18.4. The van der Waals surface area contributed by atoms with Gasteiger partial charge in [0.2, 0.25) is 0 Å². The van der Waals surface area contributed by atoms with Crippen LogP contribution in [0, 0.1) is 13.8 Å². The summed E-state index contributed by atoms with van der Waals surface area (Å²) in [7, 11) is 0. The highest BCUT2D eigenvalue weighted by Gasteiger charge is 2.40. The van der Waals surface area contributed by atoms with Gasteiger partial charge in [0.05, 0.1) is 16.5 Å². The molecule has 1 aliphatic carbocycles. The van der Waals surface area contributed by atoms with E-state index in [2.05, 4.69) is 15.3 Å². The number of hydrogen-bond donors (Lipinski definition) is 1. The van der Waals surface area contributed by atoms with E-state index in [0.717, 1.165) is 18.9 Å². The lowest BCUT2D eigenvalue weighted by Crippen LogP contribution is -2.27. The van der Waals surface area contributed by atoms with E-state index < -0.39 is 11.7 Å². The average Bonchev–Trinajstić information content (AvgIpc) is 3.45. The van der Waals surface area contributed by atoms with Crippen molar-refractivity contribution in [3.05, 3.63) is 63.3 Å². The maximum atomic E-state index is 13.2. The Bertz CT molecular complexity index is 1160. The first-order valence-corrected chi connectivity index (χ1v) is 10.4. The van der Waals surface area contributed by atoms with E-state index in [4.69, 9.17) is 0 Å². The number of fused-ring (bicyclic) bond motifs is 1. The van der Waals surface area contributed by atoms with Crippen LogP contribution in [0.1, 0.15) is 56.1 Å². The molecule has 1 N–H and O–H groups in total. The van der Waals surface area contributed by atoms with E-state index in [9.17, 15) is 18.0 Å². The number of nitrogens with zero attached hydrogens (tertiary/aromatic N) is 3. The van der Waals surface area contributed by atoms with Crippen LogP contribution in [0.25, 0.3) is 10.9 Å². The minimum absolute atomic E-state index is 0.115. The summed E-state index contributed by atoms with van der Waals surface area (Å²) in [6.45, 7) is 9.38. The van der Waals surface area contributed by atoms with Crippen molar-refractivity contribution in [3.8, 4) is 0 Å². The van der Waals surface area contributed by atoms with Gasteiger partial charge in [0.25, 0.3) is 5.56 Å². The number of benzene rings is 1. The third-order valence-electron chi connectivity index (χ3n) is 5.60. The van der Waals surface area contributed by atoms with E-state index in [1.807, 2.05) is 20.8 Å². The highest BCUT2D eigenvalue weighted by molar-refractivity contribution is 5.88. The number of hydrogen-bond acceptors (Lipinski definition) is 4. The van der Waals surface area contributed by atoms with Crippen molar-refractivity contribution in [1.82, 2.24) is 14.5 Å². The number of halogens is 3. The fraction of sp³-hybridized carbons (Fsp3) is 0.435. The fourth-order valence-corrected chi connectivity index (χ4v) is 3.56. The van der Waals surface area contributed by atoms with Gasteiger partial charge < -0.3 is 9.88 Å². The van der Waals surface area contributed by atoms with Gasteiger partial charge in [-0.2, -0.15) is 13.2 Å². The smallest absolute Gasteiger partial charge is 0.365 e. The molecule has 5 nitrogen and oxygen atoms in total. The molecular weight excluding hydrogens is 405 g/mol. The van der Waals surface area contributed by atoms with E-state index in [1.165, 1.54) is 19.1 Å². The summed E-state index contributed by atoms with van der Waals surface area (Å²) in [5.41, 5.74) is 0.291. The molecule has 0 spiro atoms. The molecule has 1 fully saturated rings. The van der Waals surface area contributed by atoms with Crippen LogP contribution in [0.3, 0.4) is 0 Å². The highest BCUT2D eigenvalue weighted by atomic mass is 19.4. The number of alkyl halides is 3. The zero-order chi connectivity index (χ0) is 23.0. The summed E-state index contributed by atoms with van der Waals surface area (Å²) in [6.07, 6.45) is -0.784. The van der Waals surface area contributed by atoms with Crippen LogP contribution in [0.2, 0.25) is 0 Å². The van der Waals surface area contributed by atoms with Crippen molar-refractivity contribution in [2.45, 2.75) is 65.7 Å². The number of anilines is 1. The number of nitrogens with one attached hydrogen (secondary N) is 1. The standard InChI is InChI=1S/C21H21F3N4O.C2H6/c1-12-14(5-4-6-16(12)21(22,23)24)10-25-19-15-11-28(20(3)7-8-20)18(29)9-17(15)26-13(2)27-19;1-2/h4-6,9,11H,7-8,10H2,1-3H3,(H,25,26,27);1-2H3. The second-order valence-electron chi connectivity index (χ2n) is 7.84. The molecule has 1 saturated carbocycles. The van der Waals surface area contributed by atoms with Gasteiger partial charge in [-0.25, -0.2) is 9.97 Å². The normalized spacial score (nSPS) is 14.7. The lowest BCUT2D eigenvalue weighted by Gasteiger charge is -2.17.